The van der Waals surface area contributed by atoms with E-state index in [4.69, 9.17) is 9.84 Å². The van der Waals surface area contributed by atoms with E-state index in [0.717, 1.165) is 12.0 Å². The molecule has 0 aromatic heterocycles. The Kier molecular flexibility index (Phi) is 5.57. The number of carbonyl (C=O) groups excluding carboxylic acids is 1. The molecule has 0 unspecified atom stereocenters. The number of hydrogen-bond donors (Lipinski definition) is 1. The summed E-state index contributed by atoms with van der Waals surface area (Å²) in [6.07, 6.45) is 1.96. The molecule has 16 heavy (non-hydrogen) atoms. The molecule has 3 nitrogen and oxygen atoms in total. The third-order valence-electron chi connectivity index (χ3n) is 2.27. The van der Waals surface area contributed by atoms with Gasteiger partial charge in [0.25, 0.3) is 0 Å². The highest BCUT2D eigenvalue weighted by Crippen LogP contribution is 2.18. The van der Waals surface area contributed by atoms with Crippen molar-refractivity contribution in [2.45, 2.75) is 26.2 Å². The highest BCUT2D eigenvalue weighted by molar-refractivity contribution is 5.79. The van der Waals surface area contributed by atoms with Crippen LogP contribution in [-0.4, -0.2) is 24.1 Å². The van der Waals surface area contributed by atoms with Gasteiger partial charge < -0.3 is 9.84 Å². The quantitative estimate of drug-likeness (QED) is 0.767. The number of ketones is 1. The zero-order valence-electron chi connectivity index (χ0n) is 9.61. The van der Waals surface area contributed by atoms with E-state index in [1.54, 1.807) is 0 Å². The van der Waals surface area contributed by atoms with Crippen molar-refractivity contribution in [3.63, 3.8) is 0 Å². The minimum atomic E-state index is 0.0866. The van der Waals surface area contributed by atoms with Crippen molar-refractivity contribution in [3.05, 3.63) is 29.8 Å². The Hall–Kier alpha value is -1.35. The second-order valence-electron chi connectivity index (χ2n) is 3.66. The molecular formula is C13H18O3. The number of aliphatic hydroxyl groups is 1. The molecule has 0 aliphatic rings. The van der Waals surface area contributed by atoms with Gasteiger partial charge in [0, 0.05) is 13.0 Å². The van der Waals surface area contributed by atoms with Crippen LogP contribution in [0.25, 0.3) is 0 Å². The zero-order valence-corrected chi connectivity index (χ0v) is 9.61. The van der Waals surface area contributed by atoms with E-state index in [-0.39, 0.29) is 19.0 Å². The molecule has 0 aliphatic carbocycles. The summed E-state index contributed by atoms with van der Waals surface area (Å²) >= 11 is 0. The van der Waals surface area contributed by atoms with Gasteiger partial charge in [-0.2, -0.15) is 0 Å². The molecular weight excluding hydrogens is 204 g/mol. The third-order valence-corrected chi connectivity index (χ3v) is 2.27. The molecule has 0 fully saturated rings. The molecule has 3 heteroatoms. The van der Waals surface area contributed by atoms with E-state index in [1.807, 2.05) is 31.2 Å². The summed E-state index contributed by atoms with van der Waals surface area (Å²) < 4.78 is 5.44. The maximum absolute atomic E-state index is 11.3. The first-order valence-electron chi connectivity index (χ1n) is 5.61. The van der Waals surface area contributed by atoms with E-state index < -0.39 is 0 Å². The third kappa shape index (κ3) is 4.03. The second kappa shape index (κ2) is 7.01. The maximum Gasteiger partial charge on any atom is 0.170 e. The zero-order chi connectivity index (χ0) is 11.8. The van der Waals surface area contributed by atoms with Gasteiger partial charge in [-0.1, -0.05) is 25.1 Å². The summed E-state index contributed by atoms with van der Waals surface area (Å²) in [7, 11) is 0. The minimum absolute atomic E-state index is 0.0866. The lowest BCUT2D eigenvalue weighted by Crippen LogP contribution is -2.11. The van der Waals surface area contributed by atoms with Crippen LogP contribution < -0.4 is 4.74 Å². The molecule has 1 aromatic rings. The average Bonchev–Trinajstić information content (AvgIpc) is 2.29. The lowest BCUT2D eigenvalue weighted by Gasteiger charge is -2.09. The summed E-state index contributed by atoms with van der Waals surface area (Å²) in [5.41, 5.74) is 0.939. The van der Waals surface area contributed by atoms with Crippen molar-refractivity contribution in [2.75, 3.05) is 13.2 Å². The van der Waals surface area contributed by atoms with Gasteiger partial charge in [0.05, 0.1) is 0 Å². The molecule has 1 aromatic carbocycles. The van der Waals surface area contributed by atoms with Gasteiger partial charge in [0.1, 0.15) is 12.4 Å². The number of rotatable bonds is 7. The average molecular weight is 222 g/mol. The highest BCUT2D eigenvalue weighted by Gasteiger charge is 2.05. The summed E-state index contributed by atoms with van der Waals surface area (Å²) in [4.78, 5) is 11.3. The molecule has 0 spiro atoms. The molecule has 0 saturated heterocycles. The Morgan fingerprint density at radius 2 is 2.12 bits per heavy atom. The smallest absolute Gasteiger partial charge is 0.170 e. The van der Waals surface area contributed by atoms with E-state index in [2.05, 4.69) is 0 Å². The Morgan fingerprint density at radius 1 is 1.38 bits per heavy atom. The predicted molar refractivity (Wildman–Crippen MR) is 62.6 cm³/mol. The van der Waals surface area contributed by atoms with Crippen molar-refractivity contribution in [1.82, 2.24) is 0 Å². The van der Waals surface area contributed by atoms with E-state index in [0.29, 0.717) is 18.6 Å². The van der Waals surface area contributed by atoms with Crippen LogP contribution >= 0.6 is 0 Å². The van der Waals surface area contributed by atoms with Gasteiger partial charge in [-0.15, -0.1) is 0 Å². The summed E-state index contributed by atoms with van der Waals surface area (Å²) in [6.45, 7) is 2.18. The molecule has 0 amide bonds. The van der Waals surface area contributed by atoms with Crippen LogP contribution in [0.4, 0.5) is 0 Å². The van der Waals surface area contributed by atoms with Gasteiger partial charge >= 0.3 is 0 Å². The lowest BCUT2D eigenvalue weighted by atomic mass is 10.1. The largest absolute Gasteiger partial charge is 0.486 e. The predicted octanol–water partition coefficient (Wildman–Crippen LogP) is 1.97. The minimum Gasteiger partial charge on any atom is -0.486 e. The van der Waals surface area contributed by atoms with Gasteiger partial charge in [-0.3, -0.25) is 4.79 Å². The van der Waals surface area contributed by atoms with Gasteiger partial charge in [-0.25, -0.2) is 0 Å². The van der Waals surface area contributed by atoms with Crippen LogP contribution in [0.1, 0.15) is 25.3 Å². The van der Waals surface area contributed by atoms with Crippen molar-refractivity contribution < 1.29 is 14.6 Å². The van der Waals surface area contributed by atoms with Crippen LogP contribution in [0.5, 0.6) is 5.75 Å². The molecule has 1 N–H and O–H groups in total. The molecule has 0 aliphatic heterocycles. The van der Waals surface area contributed by atoms with E-state index >= 15 is 0 Å². The molecule has 0 saturated carbocycles. The van der Waals surface area contributed by atoms with Gasteiger partial charge in [0.15, 0.2) is 5.78 Å². The van der Waals surface area contributed by atoms with Crippen LogP contribution in [-0.2, 0) is 11.2 Å². The summed E-state index contributed by atoms with van der Waals surface area (Å²) in [6, 6.07) is 7.48. The number of Topliss-reactive ketones (excluding diaryl/α,β-unsaturated/α-hetero) is 1. The number of para-hydroxylation sites is 1. The first kappa shape index (κ1) is 12.7. The van der Waals surface area contributed by atoms with Crippen LogP contribution in [0.2, 0.25) is 0 Å². The van der Waals surface area contributed by atoms with Gasteiger partial charge in [0.2, 0.25) is 0 Å². The fraction of sp³-hybridized carbons (Fsp3) is 0.462. The van der Waals surface area contributed by atoms with Crippen LogP contribution in [0.3, 0.4) is 0 Å². The maximum atomic E-state index is 11.3. The number of carbonyl (C=O) groups is 1. The van der Waals surface area contributed by atoms with Crippen molar-refractivity contribution in [1.29, 1.82) is 0 Å². The molecule has 88 valence electrons. The van der Waals surface area contributed by atoms with E-state index in [1.165, 1.54) is 0 Å². The normalized spacial score (nSPS) is 10.1. The standard InChI is InChI=1S/C13H18O3/c1-2-5-12(15)10-16-13-7-4-3-6-11(13)8-9-14/h3-4,6-7,14H,2,5,8-10H2,1H3. The fourth-order valence-electron chi connectivity index (χ4n) is 1.48. The fourth-order valence-corrected chi connectivity index (χ4v) is 1.48. The topological polar surface area (TPSA) is 46.5 Å². The number of benzene rings is 1. The Morgan fingerprint density at radius 3 is 2.81 bits per heavy atom. The molecule has 0 radical (unpaired) electrons. The molecule has 1 rings (SSSR count). The Balaban J connectivity index is 2.55. The molecule has 0 atom stereocenters. The monoisotopic (exact) mass is 222 g/mol. The van der Waals surface area contributed by atoms with Crippen LogP contribution in [0.15, 0.2) is 24.3 Å². The van der Waals surface area contributed by atoms with Crippen molar-refractivity contribution >= 4 is 5.78 Å². The number of hydrogen-bond acceptors (Lipinski definition) is 3. The van der Waals surface area contributed by atoms with Crippen molar-refractivity contribution in [3.8, 4) is 5.75 Å². The first-order chi connectivity index (χ1) is 7.77. The lowest BCUT2D eigenvalue weighted by molar-refractivity contribution is -0.121. The highest BCUT2D eigenvalue weighted by atomic mass is 16.5. The van der Waals surface area contributed by atoms with Crippen LogP contribution in [0, 0.1) is 0 Å². The Labute approximate surface area is 96.1 Å². The SMILES string of the molecule is CCCC(=O)COc1ccccc1CCO. The molecule has 0 bridgehead atoms. The Bertz CT molecular complexity index is 334. The summed E-state index contributed by atoms with van der Waals surface area (Å²) in [5, 5.41) is 8.88. The first-order valence-corrected chi connectivity index (χ1v) is 5.61. The van der Waals surface area contributed by atoms with Gasteiger partial charge in [-0.05, 0) is 24.5 Å². The molecule has 0 heterocycles. The number of ether oxygens (including phenoxy) is 1. The van der Waals surface area contributed by atoms with E-state index in [9.17, 15) is 4.79 Å². The number of aliphatic hydroxyl groups excluding tert-OH is 1. The summed E-state index contributed by atoms with van der Waals surface area (Å²) in [5.74, 6) is 0.808. The van der Waals surface area contributed by atoms with Crippen molar-refractivity contribution in [2.24, 2.45) is 0 Å². The second-order valence-corrected chi connectivity index (χ2v) is 3.66.